The van der Waals surface area contributed by atoms with Gasteiger partial charge in [0, 0.05) is 32.2 Å². The van der Waals surface area contributed by atoms with Crippen molar-refractivity contribution in [3.8, 4) is 11.1 Å². The van der Waals surface area contributed by atoms with Crippen molar-refractivity contribution in [3.63, 3.8) is 0 Å². The molecule has 0 saturated heterocycles. The second-order valence-electron chi connectivity index (χ2n) is 11.3. The van der Waals surface area contributed by atoms with E-state index in [1.165, 1.54) is 38.5 Å². The van der Waals surface area contributed by atoms with Crippen LogP contribution in [0.15, 0.2) is 42.5 Å². The summed E-state index contributed by atoms with van der Waals surface area (Å²) in [5.74, 6) is 0.147. The van der Waals surface area contributed by atoms with E-state index in [0.29, 0.717) is 17.7 Å². The number of benzene rings is 2. The van der Waals surface area contributed by atoms with Crippen LogP contribution in [0.25, 0.3) is 11.1 Å². The molecule has 2 aromatic carbocycles. The molecule has 228 valence electrons. The SMILES string of the molecule is C.CCCCN(C)N(CCC1CCCCC1)Cc1ccc(C(=O)N[C@@H](CCSC)C(=O)O)c(-c2ccccc2C)c1. The van der Waals surface area contributed by atoms with Crippen molar-refractivity contribution in [3.05, 3.63) is 59.2 Å². The number of thioether (sulfide) groups is 1. The number of nitrogens with one attached hydrogen (secondary N) is 1. The van der Waals surface area contributed by atoms with Crippen molar-refractivity contribution in [1.82, 2.24) is 15.3 Å². The Morgan fingerprint density at radius 2 is 1.80 bits per heavy atom. The van der Waals surface area contributed by atoms with Crippen LogP contribution in [0, 0.1) is 12.8 Å². The topological polar surface area (TPSA) is 72.9 Å². The number of carboxylic acids is 1. The summed E-state index contributed by atoms with van der Waals surface area (Å²) in [6.07, 6.45) is 12.7. The second-order valence-corrected chi connectivity index (χ2v) is 12.2. The van der Waals surface area contributed by atoms with E-state index >= 15 is 0 Å². The molecule has 1 aliphatic carbocycles. The van der Waals surface area contributed by atoms with Gasteiger partial charge in [-0.15, -0.1) is 0 Å². The molecule has 0 radical (unpaired) electrons. The van der Waals surface area contributed by atoms with Gasteiger partial charge in [-0.1, -0.05) is 83.2 Å². The molecule has 0 spiro atoms. The van der Waals surface area contributed by atoms with E-state index in [2.05, 4.69) is 48.4 Å². The fraction of sp³-hybridized carbons (Fsp3) is 0.588. The van der Waals surface area contributed by atoms with Gasteiger partial charge in [0.05, 0.1) is 0 Å². The highest BCUT2D eigenvalue weighted by Crippen LogP contribution is 2.30. The molecule has 1 saturated carbocycles. The number of carbonyl (C=O) groups excluding carboxylic acids is 1. The van der Waals surface area contributed by atoms with Crippen molar-refractivity contribution >= 4 is 23.6 Å². The normalized spacial score (nSPS) is 14.6. The molecule has 7 heteroatoms. The number of amides is 1. The number of rotatable bonds is 16. The Balaban J connectivity index is 0.00000588. The maximum absolute atomic E-state index is 13.5. The maximum atomic E-state index is 13.5. The van der Waals surface area contributed by atoms with Gasteiger partial charge < -0.3 is 10.4 Å². The van der Waals surface area contributed by atoms with Crippen LogP contribution in [0.2, 0.25) is 0 Å². The van der Waals surface area contributed by atoms with Crippen molar-refractivity contribution < 1.29 is 14.7 Å². The molecule has 41 heavy (non-hydrogen) atoms. The Morgan fingerprint density at radius 3 is 2.46 bits per heavy atom. The first kappa shape index (κ1) is 34.8. The Kier molecular flexibility index (Phi) is 15.5. The largest absolute Gasteiger partial charge is 0.480 e. The van der Waals surface area contributed by atoms with Gasteiger partial charge in [0.1, 0.15) is 6.04 Å². The molecule has 1 aliphatic rings. The number of hydrogen-bond acceptors (Lipinski definition) is 5. The smallest absolute Gasteiger partial charge is 0.326 e. The van der Waals surface area contributed by atoms with E-state index in [0.717, 1.165) is 60.6 Å². The Hall–Kier alpha value is -2.35. The van der Waals surface area contributed by atoms with Crippen LogP contribution in [-0.4, -0.2) is 65.2 Å². The van der Waals surface area contributed by atoms with Crippen LogP contribution in [-0.2, 0) is 11.3 Å². The van der Waals surface area contributed by atoms with Gasteiger partial charge in [-0.05, 0) is 78.5 Å². The van der Waals surface area contributed by atoms with Gasteiger partial charge in [-0.2, -0.15) is 11.8 Å². The van der Waals surface area contributed by atoms with E-state index in [9.17, 15) is 14.7 Å². The van der Waals surface area contributed by atoms with E-state index in [4.69, 9.17) is 0 Å². The van der Waals surface area contributed by atoms with Crippen molar-refractivity contribution in [2.24, 2.45) is 5.92 Å². The minimum Gasteiger partial charge on any atom is -0.480 e. The zero-order valence-corrected chi connectivity index (χ0v) is 25.8. The standard InChI is InChI=1S/C33H49N3O3S.CH4/c1-5-6-20-35(3)36(21-18-26-13-8-7-9-14-26)24-27-16-17-29(30(23-27)28-15-11-10-12-25(28)2)32(37)34-31(33(38)39)19-22-40-4;/h10-12,15-17,23,26,31H,5-9,13-14,18-22,24H2,1-4H3,(H,34,37)(H,38,39);1H4/t31-;/m0./s1. The number of hydrogen-bond donors (Lipinski definition) is 2. The molecule has 0 aromatic heterocycles. The summed E-state index contributed by atoms with van der Waals surface area (Å²) in [5, 5.41) is 17.3. The summed E-state index contributed by atoms with van der Waals surface area (Å²) in [4.78, 5) is 25.3. The Morgan fingerprint density at radius 1 is 1.07 bits per heavy atom. The van der Waals surface area contributed by atoms with E-state index < -0.39 is 12.0 Å². The van der Waals surface area contributed by atoms with E-state index in [1.54, 1.807) is 11.8 Å². The first-order chi connectivity index (χ1) is 19.3. The zero-order chi connectivity index (χ0) is 28.9. The fourth-order valence-electron chi connectivity index (χ4n) is 5.63. The molecule has 2 aromatic rings. The van der Waals surface area contributed by atoms with Crippen LogP contribution in [0.3, 0.4) is 0 Å². The number of carboxylic acid groups (broad SMARTS) is 1. The van der Waals surface area contributed by atoms with Crippen LogP contribution >= 0.6 is 11.8 Å². The first-order valence-electron chi connectivity index (χ1n) is 15.0. The number of aliphatic carboxylic acids is 1. The number of unbranched alkanes of at least 4 members (excludes halogenated alkanes) is 1. The molecule has 1 atom stereocenters. The lowest BCUT2D eigenvalue weighted by Crippen LogP contribution is -2.41. The third-order valence-corrected chi connectivity index (χ3v) is 8.83. The summed E-state index contributed by atoms with van der Waals surface area (Å²) in [6.45, 7) is 7.12. The van der Waals surface area contributed by atoms with Gasteiger partial charge in [0.2, 0.25) is 0 Å². The lowest BCUT2D eigenvalue weighted by atomic mass is 9.87. The highest BCUT2D eigenvalue weighted by molar-refractivity contribution is 7.98. The van der Waals surface area contributed by atoms with Gasteiger partial charge in [-0.3, -0.25) is 4.79 Å². The molecule has 1 amide bonds. The van der Waals surface area contributed by atoms with E-state index in [-0.39, 0.29) is 13.3 Å². The molecular weight excluding hydrogens is 530 g/mol. The molecular formula is C34H53N3O3S. The quantitative estimate of drug-likeness (QED) is 0.198. The van der Waals surface area contributed by atoms with Crippen molar-refractivity contribution in [2.75, 3.05) is 32.1 Å². The van der Waals surface area contributed by atoms with Crippen LogP contribution in [0.4, 0.5) is 0 Å². The predicted octanol–water partition coefficient (Wildman–Crippen LogP) is 7.65. The Bertz CT molecular complexity index is 1090. The van der Waals surface area contributed by atoms with E-state index in [1.807, 2.05) is 36.6 Å². The molecule has 0 heterocycles. The number of nitrogens with zero attached hydrogens (tertiary/aromatic N) is 2. The highest BCUT2D eigenvalue weighted by Gasteiger charge is 2.24. The zero-order valence-electron chi connectivity index (χ0n) is 25.0. The van der Waals surface area contributed by atoms with Crippen molar-refractivity contribution in [2.45, 2.75) is 91.6 Å². The molecule has 0 aliphatic heterocycles. The molecule has 2 N–H and O–H groups in total. The van der Waals surface area contributed by atoms with Gasteiger partial charge in [0.25, 0.3) is 5.91 Å². The number of hydrazine groups is 1. The molecule has 1 fully saturated rings. The lowest BCUT2D eigenvalue weighted by Gasteiger charge is -2.34. The minimum absolute atomic E-state index is 0. The molecule has 3 rings (SSSR count). The summed E-state index contributed by atoms with van der Waals surface area (Å²) in [6, 6.07) is 13.2. The average molecular weight is 584 g/mol. The lowest BCUT2D eigenvalue weighted by molar-refractivity contribution is -0.139. The van der Waals surface area contributed by atoms with Crippen LogP contribution in [0.1, 0.15) is 93.6 Å². The minimum atomic E-state index is -1.000. The predicted molar refractivity (Wildman–Crippen MR) is 174 cm³/mol. The first-order valence-corrected chi connectivity index (χ1v) is 16.4. The number of carbonyl (C=O) groups is 2. The van der Waals surface area contributed by atoms with Crippen LogP contribution in [0.5, 0.6) is 0 Å². The van der Waals surface area contributed by atoms with Gasteiger partial charge >= 0.3 is 5.97 Å². The average Bonchev–Trinajstić information content (AvgIpc) is 2.96. The third kappa shape index (κ3) is 10.8. The maximum Gasteiger partial charge on any atom is 0.326 e. The monoisotopic (exact) mass is 583 g/mol. The third-order valence-electron chi connectivity index (χ3n) is 8.18. The van der Waals surface area contributed by atoms with Crippen LogP contribution < -0.4 is 5.32 Å². The summed E-state index contributed by atoms with van der Waals surface area (Å²) < 4.78 is 0. The highest BCUT2D eigenvalue weighted by atomic mass is 32.2. The van der Waals surface area contributed by atoms with Gasteiger partial charge in [-0.25, -0.2) is 14.8 Å². The molecule has 0 unspecified atom stereocenters. The van der Waals surface area contributed by atoms with Crippen molar-refractivity contribution in [1.29, 1.82) is 0 Å². The Labute approximate surface area is 253 Å². The summed E-state index contributed by atoms with van der Waals surface area (Å²) in [5.41, 5.74) is 4.60. The molecule has 6 nitrogen and oxygen atoms in total. The summed E-state index contributed by atoms with van der Waals surface area (Å²) in [7, 11) is 2.20. The fourth-order valence-corrected chi connectivity index (χ4v) is 6.10. The number of aryl methyl sites for hydroxylation is 1. The summed E-state index contributed by atoms with van der Waals surface area (Å²) >= 11 is 1.58. The van der Waals surface area contributed by atoms with Gasteiger partial charge in [0.15, 0.2) is 0 Å². The molecule has 0 bridgehead atoms. The second kappa shape index (κ2) is 18.2.